The van der Waals surface area contributed by atoms with E-state index in [-0.39, 0.29) is 0 Å². The van der Waals surface area contributed by atoms with Crippen molar-refractivity contribution >= 4 is 0 Å². The van der Waals surface area contributed by atoms with E-state index in [1.165, 1.54) is 13.0 Å². The second-order valence-corrected chi connectivity index (χ2v) is 5.60. The monoisotopic (exact) mass is 167 g/mol. The van der Waals surface area contributed by atoms with Crippen LogP contribution in [0.3, 0.4) is 0 Å². The zero-order valence-electron chi connectivity index (χ0n) is 9.02. The molecule has 0 aromatic carbocycles. The highest BCUT2D eigenvalue weighted by molar-refractivity contribution is 5.20. The fraction of sp³-hybridized carbons (Fsp3) is 1.00. The number of hydrogen-bond acceptors (Lipinski definition) is 1. The average Bonchev–Trinajstić information content (AvgIpc) is 2.43. The van der Waals surface area contributed by atoms with Gasteiger partial charge in [-0.2, -0.15) is 0 Å². The third-order valence-corrected chi connectivity index (χ3v) is 4.63. The normalized spacial score (nSPS) is 53.0. The summed E-state index contributed by atoms with van der Waals surface area (Å²) in [5, 5.41) is 0. The number of fused-ring (bicyclic) bond motifs is 1. The zero-order chi connectivity index (χ0) is 9.15. The minimum Gasteiger partial charge on any atom is -0.297 e. The van der Waals surface area contributed by atoms with Crippen LogP contribution < -0.4 is 0 Å². The second-order valence-electron chi connectivity index (χ2n) is 5.60. The van der Waals surface area contributed by atoms with Crippen molar-refractivity contribution in [1.29, 1.82) is 0 Å². The Balaban J connectivity index is 2.18. The lowest BCUT2D eigenvalue weighted by Gasteiger charge is -2.30. The van der Waals surface area contributed by atoms with Crippen LogP contribution in [0.5, 0.6) is 0 Å². The third-order valence-electron chi connectivity index (χ3n) is 4.63. The molecule has 1 saturated carbocycles. The summed E-state index contributed by atoms with van der Waals surface area (Å²) < 4.78 is 0. The van der Waals surface area contributed by atoms with Gasteiger partial charge in [-0.05, 0) is 38.0 Å². The molecule has 1 nitrogen and oxygen atoms in total. The lowest BCUT2D eigenvalue weighted by molar-refractivity contribution is 0.161. The Hall–Kier alpha value is -0.0400. The van der Waals surface area contributed by atoms with Crippen molar-refractivity contribution in [3.05, 3.63) is 0 Å². The summed E-state index contributed by atoms with van der Waals surface area (Å²) in [6.45, 7) is 13.3. The Morgan fingerprint density at radius 3 is 2.17 bits per heavy atom. The van der Waals surface area contributed by atoms with Gasteiger partial charge in [0.1, 0.15) is 0 Å². The minimum absolute atomic E-state index is 0.636. The Bertz CT molecular complexity index is 211. The van der Waals surface area contributed by atoms with E-state index < -0.39 is 0 Å². The molecule has 1 heteroatoms. The van der Waals surface area contributed by atoms with Crippen LogP contribution in [0.1, 0.15) is 41.0 Å². The highest BCUT2D eigenvalue weighted by atomic mass is 15.3. The van der Waals surface area contributed by atoms with Crippen molar-refractivity contribution in [2.24, 2.45) is 10.8 Å². The van der Waals surface area contributed by atoms with E-state index in [1.54, 1.807) is 0 Å². The predicted molar refractivity (Wildman–Crippen MR) is 52.1 cm³/mol. The van der Waals surface area contributed by atoms with E-state index in [4.69, 9.17) is 0 Å². The van der Waals surface area contributed by atoms with E-state index in [2.05, 4.69) is 39.5 Å². The van der Waals surface area contributed by atoms with Gasteiger partial charge in [0.2, 0.25) is 0 Å². The highest BCUT2D eigenvalue weighted by Gasteiger charge is 2.69. The second kappa shape index (κ2) is 2.06. The first kappa shape index (κ1) is 8.55. The van der Waals surface area contributed by atoms with Crippen LogP contribution in [-0.4, -0.2) is 23.5 Å². The van der Waals surface area contributed by atoms with Crippen molar-refractivity contribution in [1.82, 2.24) is 4.90 Å². The van der Waals surface area contributed by atoms with E-state index in [1.807, 2.05) is 0 Å². The molecule has 0 radical (unpaired) electrons. The van der Waals surface area contributed by atoms with Gasteiger partial charge in [-0.15, -0.1) is 0 Å². The summed E-state index contributed by atoms with van der Waals surface area (Å²) >= 11 is 0. The average molecular weight is 167 g/mol. The van der Waals surface area contributed by atoms with Crippen LogP contribution in [0.2, 0.25) is 0 Å². The molecule has 2 rings (SSSR count). The smallest absolute Gasteiger partial charge is 0.0130 e. The Labute approximate surface area is 76.1 Å². The maximum absolute atomic E-state index is 2.66. The molecule has 0 amide bonds. The summed E-state index contributed by atoms with van der Waals surface area (Å²) in [5.74, 6) is 0. The third kappa shape index (κ3) is 0.783. The highest BCUT2D eigenvalue weighted by Crippen LogP contribution is 2.70. The minimum atomic E-state index is 0.636. The quantitative estimate of drug-likeness (QED) is 0.580. The van der Waals surface area contributed by atoms with Gasteiger partial charge in [0.05, 0.1) is 0 Å². The zero-order valence-corrected chi connectivity index (χ0v) is 9.02. The number of piperidine rings is 1. The fourth-order valence-corrected chi connectivity index (χ4v) is 3.19. The van der Waals surface area contributed by atoms with Gasteiger partial charge in [0.25, 0.3) is 0 Å². The van der Waals surface area contributed by atoms with Gasteiger partial charge in [-0.3, -0.25) is 4.90 Å². The first-order valence-electron chi connectivity index (χ1n) is 5.16. The van der Waals surface area contributed by atoms with Crippen molar-refractivity contribution in [3.8, 4) is 0 Å². The van der Waals surface area contributed by atoms with E-state index in [0.717, 1.165) is 12.1 Å². The SMILES string of the molecule is CC(C)N1CC2(C)CC2(C)C1C. The molecule has 1 aliphatic heterocycles. The van der Waals surface area contributed by atoms with Crippen LogP contribution >= 0.6 is 0 Å². The summed E-state index contributed by atoms with van der Waals surface area (Å²) in [5.41, 5.74) is 1.29. The number of likely N-dealkylation sites (tertiary alicyclic amines) is 1. The summed E-state index contributed by atoms with van der Waals surface area (Å²) in [7, 11) is 0. The molecule has 12 heavy (non-hydrogen) atoms. The van der Waals surface area contributed by atoms with Crippen LogP contribution in [0.15, 0.2) is 0 Å². The number of hydrogen-bond donors (Lipinski definition) is 0. The molecule has 0 aromatic heterocycles. The first-order chi connectivity index (χ1) is 5.41. The van der Waals surface area contributed by atoms with Crippen LogP contribution in [0.4, 0.5) is 0 Å². The molecule has 0 N–H and O–H groups in total. The molecule has 1 aliphatic carbocycles. The standard InChI is InChI=1S/C11H21N/c1-8(2)12-7-10(4)6-11(10,5)9(12)3/h8-9H,6-7H2,1-5H3. The molecular formula is C11H21N. The summed E-state index contributed by atoms with van der Waals surface area (Å²) in [4.78, 5) is 2.66. The molecule has 2 fully saturated rings. The number of nitrogens with zero attached hydrogens (tertiary/aromatic N) is 1. The molecule has 0 bridgehead atoms. The predicted octanol–water partition coefficient (Wildman–Crippen LogP) is 2.52. The molecule has 1 saturated heterocycles. The fourth-order valence-electron chi connectivity index (χ4n) is 3.19. The van der Waals surface area contributed by atoms with E-state index in [0.29, 0.717) is 10.8 Å². The lowest BCUT2D eigenvalue weighted by Crippen LogP contribution is -2.38. The molecule has 0 spiro atoms. The molecular weight excluding hydrogens is 146 g/mol. The van der Waals surface area contributed by atoms with Crippen LogP contribution in [0, 0.1) is 10.8 Å². The molecule has 1 heterocycles. The van der Waals surface area contributed by atoms with Crippen LogP contribution in [-0.2, 0) is 0 Å². The maximum atomic E-state index is 2.66. The van der Waals surface area contributed by atoms with Gasteiger partial charge in [0, 0.05) is 18.6 Å². The Morgan fingerprint density at radius 1 is 1.33 bits per heavy atom. The van der Waals surface area contributed by atoms with Crippen LogP contribution in [0.25, 0.3) is 0 Å². The molecule has 3 unspecified atom stereocenters. The van der Waals surface area contributed by atoms with Crippen molar-refractivity contribution in [3.63, 3.8) is 0 Å². The molecule has 3 atom stereocenters. The molecule has 0 aromatic rings. The largest absolute Gasteiger partial charge is 0.297 e. The van der Waals surface area contributed by atoms with Gasteiger partial charge in [0.15, 0.2) is 0 Å². The first-order valence-corrected chi connectivity index (χ1v) is 5.16. The topological polar surface area (TPSA) is 3.24 Å². The van der Waals surface area contributed by atoms with Gasteiger partial charge >= 0.3 is 0 Å². The van der Waals surface area contributed by atoms with E-state index in [9.17, 15) is 0 Å². The van der Waals surface area contributed by atoms with Crippen molar-refractivity contribution < 1.29 is 0 Å². The van der Waals surface area contributed by atoms with Gasteiger partial charge in [-0.1, -0.05) is 13.8 Å². The van der Waals surface area contributed by atoms with Crippen molar-refractivity contribution in [2.45, 2.75) is 53.1 Å². The number of rotatable bonds is 1. The van der Waals surface area contributed by atoms with Gasteiger partial charge in [-0.25, -0.2) is 0 Å². The van der Waals surface area contributed by atoms with E-state index >= 15 is 0 Å². The maximum Gasteiger partial charge on any atom is 0.0130 e. The molecule has 2 aliphatic rings. The Kier molecular flexibility index (Phi) is 1.47. The Morgan fingerprint density at radius 2 is 1.92 bits per heavy atom. The summed E-state index contributed by atoms with van der Waals surface area (Å²) in [6.07, 6.45) is 1.45. The van der Waals surface area contributed by atoms with Gasteiger partial charge < -0.3 is 0 Å². The summed E-state index contributed by atoms with van der Waals surface area (Å²) in [6, 6.07) is 1.52. The lowest BCUT2D eigenvalue weighted by atomic mass is 9.95. The van der Waals surface area contributed by atoms with Crippen molar-refractivity contribution in [2.75, 3.05) is 6.54 Å². The molecule has 70 valence electrons.